The zero-order valence-corrected chi connectivity index (χ0v) is 11.0. The maximum atomic E-state index is 2.78. The minimum Gasteiger partial charge on any atom is -0.301 e. The molecule has 2 nitrogen and oxygen atoms in total. The van der Waals surface area contributed by atoms with Gasteiger partial charge in [-0.1, -0.05) is 39.0 Å². The Morgan fingerprint density at radius 3 is 2.44 bits per heavy atom. The summed E-state index contributed by atoms with van der Waals surface area (Å²) in [4.78, 5) is 5.41. The van der Waals surface area contributed by atoms with Crippen LogP contribution in [0, 0.1) is 0 Å². The van der Waals surface area contributed by atoms with Crippen molar-refractivity contribution in [1.82, 2.24) is 9.80 Å². The number of piperazine rings is 1. The number of rotatable bonds is 1. The molecule has 2 aliphatic rings. The van der Waals surface area contributed by atoms with Gasteiger partial charge in [0, 0.05) is 25.7 Å². The standard InChI is InChI=1S/C14H28N2/c1-2-15-11-12-16-10-8-6-4-3-5-7-9-14(16)13-15/h14H,2-13H2,1H3. The van der Waals surface area contributed by atoms with Crippen LogP contribution >= 0.6 is 0 Å². The van der Waals surface area contributed by atoms with E-state index in [2.05, 4.69) is 16.7 Å². The van der Waals surface area contributed by atoms with Crippen LogP contribution < -0.4 is 0 Å². The van der Waals surface area contributed by atoms with Gasteiger partial charge in [0.2, 0.25) is 0 Å². The van der Waals surface area contributed by atoms with Crippen LogP contribution in [0.1, 0.15) is 51.9 Å². The molecule has 2 saturated heterocycles. The van der Waals surface area contributed by atoms with Gasteiger partial charge >= 0.3 is 0 Å². The predicted octanol–water partition coefficient (Wildman–Crippen LogP) is 2.74. The van der Waals surface area contributed by atoms with E-state index in [9.17, 15) is 0 Å². The average Bonchev–Trinajstić information content (AvgIpc) is 2.34. The summed E-state index contributed by atoms with van der Waals surface area (Å²) in [6.45, 7) is 8.85. The molecular weight excluding hydrogens is 196 g/mol. The molecule has 0 aliphatic carbocycles. The Labute approximate surface area is 101 Å². The van der Waals surface area contributed by atoms with Crippen LogP contribution in [0.15, 0.2) is 0 Å². The summed E-state index contributed by atoms with van der Waals surface area (Å²) in [5.74, 6) is 0. The quantitative estimate of drug-likeness (QED) is 0.676. The zero-order valence-electron chi connectivity index (χ0n) is 11.0. The Morgan fingerprint density at radius 1 is 0.875 bits per heavy atom. The third-order valence-electron chi connectivity index (χ3n) is 4.37. The SMILES string of the molecule is CCN1CCN2CCCCCCCCC2C1. The van der Waals surface area contributed by atoms with Crippen molar-refractivity contribution in [1.29, 1.82) is 0 Å². The fourth-order valence-corrected chi connectivity index (χ4v) is 3.21. The predicted molar refractivity (Wildman–Crippen MR) is 69.8 cm³/mol. The molecular formula is C14H28N2. The van der Waals surface area contributed by atoms with E-state index in [1.807, 2.05) is 0 Å². The highest BCUT2D eigenvalue weighted by Gasteiger charge is 2.25. The topological polar surface area (TPSA) is 6.48 Å². The van der Waals surface area contributed by atoms with Gasteiger partial charge in [-0.25, -0.2) is 0 Å². The van der Waals surface area contributed by atoms with Crippen LogP contribution in [-0.4, -0.2) is 48.6 Å². The third kappa shape index (κ3) is 3.46. The van der Waals surface area contributed by atoms with Crippen molar-refractivity contribution in [3.05, 3.63) is 0 Å². The average molecular weight is 224 g/mol. The molecule has 0 saturated carbocycles. The Kier molecular flexibility index (Phi) is 5.11. The third-order valence-corrected chi connectivity index (χ3v) is 4.37. The van der Waals surface area contributed by atoms with E-state index in [-0.39, 0.29) is 0 Å². The summed E-state index contributed by atoms with van der Waals surface area (Å²) < 4.78 is 0. The van der Waals surface area contributed by atoms with Crippen molar-refractivity contribution in [3.63, 3.8) is 0 Å². The Bertz CT molecular complexity index is 191. The molecule has 1 atom stereocenters. The summed E-state index contributed by atoms with van der Waals surface area (Å²) in [7, 11) is 0. The molecule has 2 rings (SSSR count). The van der Waals surface area contributed by atoms with Gasteiger partial charge in [0.15, 0.2) is 0 Å². The lowest BCUT2D eigenvalue weighted by Gasteiger charge is -2.41. The van der Waals surface area contributed by atoms with E-state index < -0.39 is 0 Å². The lowest BCUT2D eigenvalue weighted by Crippen LogP contribution is -2.53. The number of likely N-dealkylation sites (N-methyl/N-ethyl adjacent to an activating group) is 1. The molecule has 0 radical (unpaired) electrons. The molecule has 0 aromatic heterocycles. The summed E-state index contributed by atoms with van der Waals surface area (Å²) >= 11 is 0. The number of hydrogen-bond donors (Lipinski definition) is 0. The monoisotopic (exact) mass is 224 g/mol. The van der Waals surface area contributed by atoms with Gasteiger partial charge in [-0.05, 0) is 25.9 Å². The summed E-state index contributed by atoms with van der Waals surface area (Å²) in [5.41, 5.74) is 0. The van der Waals surface area contributed by atoms with Gasteiger partial charge in [-0.2, -0.15) is 0 Å². The van der Waals surface area contributed by atoms with Crippen LogP contribution in [0.25, 0.3) is 0 Å². The highest BCUT2D eigenvalue weighted by molar-refractivity contribution is 4.82. The smallest absolute Gasteiger partial charge is 0.0223 e. The molecule has 0 aromatic carbocycles. The van der Waals surface area contributed by atoms with Crippen LogP contribution in [0.5, 0.6) is 0 Å². The van der Waals surface area contributed by atoms with E-state index in [0.717, 1.165) is 6.04 Å². The van der Waals surface area contributed by atoms with Gasteiger partial charge in [-0.3, -0.25) is 4.90 Å². The largest absolute Gasteiger partial charge is 0.301 e. The molecule has 0 N–H and O–H groups in total. The zero-order chi connectivity index (χ0) is 11.2. The Balaban J connectivity index is 1.87. The highest BCUT2D eigenvalue weighted by atomic mass is 15.3. The minimum atomic E-state index is 0.867. The fourth-order valence-electron chi connectivity index (χ4n) is 3.21. The maximum absolute atomic E-state index is 2.78. The second-order valence-electron chi connectivity index (χ2n) is 5.49. The summed E-state index contributed by atoms with van der Waals surface area (Å²) in [6.07, 6.45) is 10.2. The molecule has 0 amide bonds. The van der Waals surface area contributed by atoms with Crippen LogP contribution in [-0.2, 0) is 0 Å². The van der Waals surface area contributed by atoms with Gasteiger partial charge in [-0.15, -0.1) is 0 Å². The van der Waals surface area contributed by atoms with E-state index >= 15 is 0 Å². The van der Waals surface area contributed by atoms with Crippen molar-refractivity contribution in [3.8, 4) is 0 Å². The molecule has 2 heterocycles. The van der Waals surface area contributed by atoms with E-state index in [4.69, 9.17) is 0 Å². The van der Waals surface area contributed by atoms with Crippen molar-refractivity contribution in [2.75, 3.05) is 32.7 Å². The molecule has 0 aromatic rings. The van der Waals surface area contributed by atoms with Crippen molar-refractivity contribution < 1.29 is 0 Å². The van der Waals surface area contributed by atoms with Gasteiger partial charge in [0.05, 0.1) is 0 Å². The molecule has 2 aliphatic heterocycles. The molecule has 0 bridgehead atoms. The Hall–Kier alpha value is -0.0800. The van der Waals surface area contributed by atoms with E-state index in [1.165, 1.54) is 77.7 Å². The fraction of sp³-hybridized carbons (Fsp3) is 1.00. The normalized spacial score (nSPS) is 30.9. The van der Waals surface area contributed by atoms with Gasteiger partial charge < -0.3 is 4.90 Å². The van der Waals surface area contributed by atoms with Crippen LogP contribution in [0.3, 0.4) is 0 Å². The van der Waals surface area contributed by atoms with E-state index in [1.54, 1.807) is 0 Å². The Morgan fingerprint density at radius 2 is 1.62 bits per heavy atom. The van der Waals surface area contributed by atoms with Gasteiger partial charge in [0.1, 0.15) is 0 Å². The van der Waals surface area contributed by atoms with Crippen molar-refractivity contribution in [2.24, 2.45) is 0 Å². The second-order valence-corrected chi connectivity index (χ2v) is 5.49. The van der Waals surface area contributed by atoms with Crippen LogP contribution in [0.4, 0.5) is 0 Å². The molecule has 2 heteroatoms. The van der Waals surface area contributed by atoms with Crippen molar-refractivity contribution >= 4 is 0 Å². The van der Waals surface area contributed by atoms with Gasteiger partial charge in [0.25, 0.3) is 0 Å². The molecule has 16 heavy (non-hydrogen) atoms. The first-order chi connectivity index (χ1) is 7.90. The lowest BCUT2D eigenvalue weighted by molar-refractivity contribution is 0.0683. The first-order valence-corrected chi connectivity index (χ1v) is 7.36. The summed E-state index contributed by atoms with van der Waals surface area (Å²) in [5, 5.41) is 0. The molecule has 1 unspecified atom stereocenters. The highest BCUT2D eigenvalue weighted by Crippen LogP contribution is 2.19. The number of nitrogens with zero attached hydrogens (tertiary/aromatic N) is 2. The first-order valence-electron chi connectivity index (χ1n) is 7.36. The second kappa shape index (κ2) is 6.61. The molecule has 0 spiro atoms. The number of fused-ring (bicyclic) bond motifs is 1. The lowest BCUT2D eigenvalue weighted by atomic mass is 10.00. The first kappa shape index (κ1) is 12.4. The van der Waals surface area contributed by atoms with Crippen molar-refractivity contribution in [2.45, 2.75) is 57.9 Å². The summed E-state index contributed by atoms with van der Waals surface area (Å²) in [6, 6.07) is 0.867. The number of hydrogen-bond acceptors (Lipinski definition) is 2. The maximum Gasteiger partial charge on any atom is 0.0223 e. The molecule has 94 valence electrons. The molecule has 2 fully saturated rings. The van der Waals surface area contributed by atoms with Crippen LogP contribution in [0.2, 0.25) is 0 Å². The van der Waals surface area contributed by atoms with E-state index in [0.29, 0.717) is 0 Å². The minimum absolute atomic E-state index is 0.867.